The number of benzene rings is 2. The average molecular weight is 680 g/mol. The molecule has 0 bridgehead atoms. The Labute approximate surface area is 287 Å². The van der Waals surface area contributed by atoms with Crippen molar-refractivity contribution in [3.8, 4) is 0 Å². The number of morpholine rings is 1. The molecule has 1 aliphatic heterocycles. The van der Waals surface area contributed by atoms with Gasteiger partial charge < -0.3 is 30.2 Å². The van der Waals surface area contributed by atoms with Crippen LogP contribution >= 0.6 is 11.3 Å². The summed E-state index contributed by atoms with van der Waals surface area (Å²) in [5.74, 6) is -0.272. The van der Waals surface area contributed by atoms with Crippen LogP contribution in [0.1, 0.15) is 56.0 Å². The van der Waals surface area contributed by atoms with E-state index in [9.17, 15) is 14.4 Å². The molecule has 4 rings (SSSR count). The van der Waals surface area contributed by atoms with Gasteiger partial charge in [-0.25, -0.2) is 9.59 Å². The Balaban J connectivity index is 1.46. The molecule has 260 valence electrons. The van der Waals surface area contributed by atoms with Gasteiger partial charge in [0.25, 0.3) is 0 Å². The van der Waals surface area contributed by atoms with E-state index in [-0.39, 0.29) is 24.6 Å². The molecular weight excluding hydrogens is 630 g/mol. The van der Waals surface area contributed by atoms with Crippen LogP contribution in [0.4, 0.5) is 9.59 Å². The molecule has 3 amide bonds. The standard InChI is InChI=1S/C36H49N5O6S/c1-36(2,3)47-35(44)40-32(16-17-41-18-20-45-21-19-41)33(42)38-29(22-27-10-6-4-7-11-27)14-15-30(23-28-12-8-5-9-13-28)39-34(43)46-25-31-24-37-26-48-31/h4-13,24,26,29-30,32H,14-23,25H2,1-3H3,(H,38,42)(H,39,43)(H,40,44). The summed E-state index contributed by atoms with van der Waals surface area (Å²) in [6.45, 7) is 9.00. The average Bonchev–Trinajstić information content (AvgIpc) is 3.59. The monoisotopic (exact) mass is 679 g/mol. The first-order valence-electron chi connectivity index (χ1n) is 16.6. The zero-order valence-electron chi connectivity index (χ0n) is 28.2. The van der Waals surface area contributed by atoms with E-state index >= 15 is 0 Å². The molecule has 3 unspecified atom stereocenters. The zero-order valence-corrected chi connectivity index (χ0v) is 29.0. The third kappa shape index (κ3) is 14.0. The number of aromatic nitrogens is 1. The van der Waals surface area contributed by atoms with Crippen molar-refractivity contribution in [1.29, 1.82) is 0 Å². The number of nitrogens with one attached hydrogen (secondary N) is 3. The molecule has 1 saturated heterocycles. The number of rotatable bonds is 16. The summed E-state index contributed by atoms with van der Waals surface area (Å²) in [6.07, 6.45) is 3.32. The summed E-state index contributed by atoms with van der Waals surface area (Å²) < 4.78 is 16.5. The van der Waals surface area contributed by atoms with Crippen molar-refractivity contribution in [3.63, 3.8) is 0 Å². The SMILES string of the molecule is CC(C)(C)OC(=O)NC(CCN1CCOCC1)C(=O)NC(CCC(Cc1ccccc1)NC(=O)OCc1cncs1)Cc1ccccc1. The van der Waals surface area contributed by atoms with E-state index in [1.807, 2.05) is 60.7 Å². The molecule has 12 heteroatoms. The minimum absolute atomic E-state index is 0.151. The number of hydrogen-bond acceptors (Lipinski definition) is 9. The van der Waals surface area contributed by atoms with E-state index in [1.54, 1.807) is 32.5 Å². The van der Waals surface area contributed by atoms with Crippen molar-refractivity contribution < 1.29 is 28.6 Å². The van der Waals surface area contributed by atoms with Gasteiger partial charge in [0.1, 0.15) is 18.2 Å². The number of thiazole rings is 1. The van der Waals surface area contributed by atoms with Gasteiger partial charge in [-0.05, 0) is 64.0 Å². The second-order valence-electron chi connectivity index (χ2n) is 13.0. The van der Waals surface area contributed by atoms with Gasteiger partial charge in [-0.15, -0.1) is 11.3 Å². The lowest BCUT2D eigenvalue weighted by Crippen LogP contribution is -2.52. The van der Waals surface area contributed by atoms with Crippen molar-refractivity contribution in [1.82, 2.24) is 25.8 Å². The maximum atomic E-state index is 13.9. The first-order chi connectivity index (χ1) is 23.1. The largest absolute Gasteiger partial charge is 0.444 e. The second-order valence-corrected chi connectivity index (χ2v) is 14.0. The van der Waals surface area contributed by atoms with Crippen LogP contribution in [-0.4, -0.2) is 84.6 Å². The fourth-order valence-corrected chi connectivity index (χ4v) is 5.97. The smallest absolute Gasteiger partial charge is 0.408 e. The van der Waals surface area contributed by atoms with Crippen molar-refractivity contribution in [2.24, 2.45) is 0 Å². The molecule has 0 spiro atoms. The van der Waals surface area contributed by atoms with Gasteiger partial charge >= 0.3 is 12.2 Å². The molecule has 0 radical (unpaired) electrons. The Kier molecular flexibility index (Phi) is 14.7. The predicted molar refractivity (Wildman–Crippen MR) is 186 cm³/mol. The third-order valence-electron chi connectivity index (χ3n) is 7.86. The van der Waals surface area contributed by atoms with Gasteiger partial charge in [0, 0.05) is 37.9 Å². The van der Waals surface area contributed by atoms with Gasteiger partial charge in [-0.1, -0.05) is 60.7 Å². The molecule has 3 aromatic rings. The second kappa shape index (κ2) is 19.1. The van der Waals surface area contributed by atoms with E-state index in [0.717, 1.165) is 29.1 Å². The first kappa shape index (κ1) is 36.8. The minimum Gasteiger partial charge on any atom is -0.444 e. The van der Waals surface area contributed by atoms with Crippen LogP contribution in [0, 0.1) is 0 Å². The highest BCUT2D eigenvalue weighted by Crippen LogP contribution is 2.15. The summed E-state index contributed by atoms with van der Waals surface area (Å²) in [4.78, 5) is 46.7. The molecule has 11 nitrogen and oxygen atoms in total. The van der Waals surface area contributed by atoms with E-state index < -0.39 is 23.8 Å². The molecule has 0 aliphatic carbocycles. The van der Waals surface area contributed by atoms with Crippen LogP contribution in [0.25, 0.3) is 0 Å². The molecule has 2 heterocycles. The molecule has 3 atom stereocenters. The molecule has 48 heavy (non-hydrogen) atoms. The number of hydrogen-bond donors (Lipinski definition) is 3. The van der Waals surface area contributed by atoms with Crippen LogP contribution in [0.15, 0.2) is 72.4 Å². The number of amides is 3. The Morgan fingerprint density at radius 2 is 1.46 bits per heavy atom. The number of carbonyl (C=O) groups excluding carboxylic acids is 3. The summed E-state index contributed by atoms with van der Waals surface area (Å²) in [5.41, 5.74) is 3.16. The molecule has 1 aromatic heterocycles. The lowest BCUT2D eigenvalue weighted by molar-refractivity contribution is -0.124. The lowest BCUT2D eigenvalue weighted by atomic mass is 9.95. The summed E-state index contributed by atoms with van der Waals surface area (Å²) in [5, 5.41) is 9.11. The first-order valence-corrected chi connectivity index (χ1v) is 17.5. The van der Waals surface area contributed by atoms with Crippen LogP contribution < -0.4 is 16.0 Å². The summed E-state index contributed by atoms with van der Waals surface area (Å²) in [6, 6.07) is 18.6. The Hall–Kier alpha value is -4.00. The van der Waals surface area contributed by atoms with E-state index in [4.69, 9.17) is 14.2 Å². The maximum Gasteiger partial charge on any atom is 0.408 e. The summed E-state index contributed by atoms with van der Waals surface area (Å²) >= 11 is 1.43. The van der Waals surface area contributed by atoms with Crippen LogP contribution in [0.3, 0.4) is 0 Å². The number of nitrogens with zero attached hydrogens (tertiary/aromatic N) is 2. The van der Waals surface area contributed by atoms with Crippen LogP contribution in [0.2, 0.25) is 0 Å². The van der Waals surface area contributed by atoms with Gasteiger partial charge in [0.15, 0.2) is 0 Å². The molecule has 2 aromatic carbocycles. The number of carbonyl (C=O) groups is 3. The molecule has 1 aliphatic rings. The van der Waals surface area contributed by atoms with Crippen molar-refractivity contribution in [3.05, 3.63) is 88.4 Å². The molecule has 3 N–H and O–H groups in total. The van der Waals surface area contributed by atoms with Crippen molar-refractivity contribution >= 4 is 29.4 Å². The minimum atomic E-state index is -0.791. The molecule has 1 fully saturated rings. The van der Waals surface area contributed by atoms with Crippen LogP contribution in [0.5, 0.6) is 0 Å². The van der Waals surface area contributed by atoms with Gasteiger partial charge in [0.2, 0.25) is 5.91 Å². The molecular formula is C36H49N5O6S. The Morgan fingerprint density at radius 1 is 0.854 bits per heavy atom. The van der Waals surface area contributed by atoms with Gasteiger partial charge in [0.05, 0.1) is 23.6 Å². The topological polar surface area (TPSA) is 131 Å². The van der Waals surface area contributed by atoms with E-state index in [1.165, 1.54) is 11.3 Å². The highest BCUT2D eigenvalue weighted by Gasteiger charge is 2.28. The molecule has 0 saturated carbocycles. The maximum absolute atomic E-state index is 13.9. The Morgan fingerprint density at radius 3 is 2.02 bits per heavy atom. The fraction of sp³-hybridized carbons (Fsp3) is 0.500. The normalized spacial score (nSPS) is 15.5. The highest BCUT2D eigenvalue weighted by atomic mass is 32.1. The van der Waals surface area contributed by atoms with Crippen molar-refractivity contribution in [2.45, 2.75) is 83.2 Å². The highest BCUT2D eigenvalue weighted by molar-refractivity contribution is 7.09. The van der Waals surface area contributed by atoms with Crippen molar-refractivity contribution in [2.75, 3.05) is 32.8 Å². The van der Waals surface area contributed by atoms with Gasteiger partial charge in [-0.2, -0.15) is 0 Å². The lowest BCUT2D eigenvalue weighted by Gasteiger charge is -2.30. The quantitative estimate of drug-likeness (QED) is 0.191. The fourth-order valence-electron chi connectivity index (χ4n) is 5.47. The van der Waals surface area contributed by atoms with E-state index in [2.05, 4.69) is 25.8 Å². The third-order valence-corrected chi connectivity index (χ3v) is 8.61. The van der Waals surface area contributed by atoms with Crippen LogP contribution in [-0.2, 0) is 38.5 Å². The number of alkyl carbamates (subject to hydrolysis) is 2. The zero-order chi connectivity index (χ0) is 34.2. The summed E-state index contributed by atoms with van der Waals surface area (Å²) in [7, 11) is 0. The predicted octanol–water partition coefficient (Wildman–Crippen LogP) is 5.10. The number of ether oxygens (including phenoxy) is 3. The van der Waals surface area contributed by atoms with Gasteiger partial charge in [-0.3, -0.25) is 14.7 Å². The van der Waals surface area contributed by atoms with E-state index in [0.29, 0.717) is 51.9 Å². The Bertz CT molecular complexity index is 1380.